The first-order valence-corrected chi connectivity index (χ1v) is 10.1. The van der Waals surface area contributed by atoms with Gasteiger partial charge in [-0.25, -0.2) is 4.79 Å². The first kappa shape index (κ1) is 21.7. The summed E-state index contributed by atoms with van der Waals surface area (Å²) in [5.74, 6) is 0.141. The zero-order valence-electron chi connectivity index (χ0n) is 16.2. The van der Waals surface area contributed by atoms with Gasteiger partial charge in [0.2, 0.25) is 5.91 Å². The summed E-state index contributed by atoms with van der Waals surface area (Å²) in [4.78, 5) is 23.9. The standard InChI is InChI=1S/C20H18ClN3O5S/c1-12-3-6-14(7-4-12)28-10-18-23-24-20(29-18)30-11-17(25)22-13-5-8-16(21)15(9-13)19(26)27-2/h3-9H,10-11H2,1-2H3,(H,22,25). The minimum atomic E-state index is -0.586. The third-order valence-electron chi connectivity index (χ3n) is 3.81. The van der Waals surface area contributed by atoms with Crippen LogP contribution in [0.5, 0.6) is 5.75 Å². The van der Waals surface area contributed by atoms with E-state index < -0.39 is 5.97 Å². The molecular formula is C20H18ClN3O5S. The average Bonchev–Trinajstić information content (AvgIpc) is 3.20. The van der Waals surface area contributed by atoms with Crippen LogP contribution in [0.25, 0.3) is 0 Å². The van der Waals surface area contributed by atoms with Crippen molar-refractivity contribution in [1.82, 2.24) is 10.2 Å². The SMILES string of the molecule is COC(=O)c1cc(NC(=O)CSc2nnc(COc3ccc(C)cc3)o2)ccc1Cl. The molecule has 0 unspecified atom stereocenters. The molecule has 0 aliphatic carbocycles. The lowest BCUT2D eigenvalue weighted by Gasteiger charge is -2.07. The summed E-state index contributed by atoms with van der Waals surface area (Å²) in [5.41, 5.74) is 1.72. The summed E-state index contributed by atoms with van der Waals surface area (Å²) in [5, 5.41) is 11.0. The molecule has 3 aromatic rings. The highest BCUT2D eigenvalue weighted by atomic mass is 35.5. The van der Waals surface area contributed by atoms with E-state index in [0.29, 0.717) is 17.3 Å². The van der Waals surface area contributed by atoms with Gasteiger partial charge in [0.25, 0.3) is 11.1 Å². The molecule has 10 heteroatoms. The van der Waals surface area contributed by atoms with Crippen LogP contribution in [-0.4, -0.2) is 34.9 Å². The summed E-state index contributed by atoms with van der Waals surface area (Å²) >= 11 is 7.05. The Labute approximate surface area is 181 Å². The molecule has 1 N–H and O–H groups in total. The van der Waals surface area contributed by atoms with E-state index in [0.717, 1.165) is 17.3 Å². The number of aromatic nitrogens is 2. The number of halogens is 1. The largest absolute Gasteiger partial charge is 0.484 e. The van der Waals surface area contributed by atoms with Crippen molar-refractivity contribution in [1.29, 1.82) is 0 Å². The number of benzene rings is 2. The number of methoxy groups -OCH3 is 1. The Morgan fingerprint density at radius 1 is 1.17 bits per heavy atom. The summed E-state index contributed by atoms with van der Waals surface area (Å²) in [7, 11) is 1.25. The lowest BCUT2D eigenvalue weighted by Crippen LogP contribution is -2.14. The maximum absolute atomic E-state index is 12.2. The predicted molar refractivity (Wildman–Crippen MR) is 112 cm³/mol. The average molecular weight is 448 g/mol. The Morgan fingerprint density at radius 2 is 1.93 bits per heavy atom. The molecule has 1 amide bonds. The van der Waals surface area contributed by atoms with Gasteiger partial charge in [0.05, 0.1) is 23.4 Å². The second kappa shape index (κ2) is 10.1. The van der Waals surface area contributed by atoms with Crippen LogP contribution in [0, 0.1) is 6.92 Å². The Morgan fingerprint density at radius 3 is 2.67 bits per heavy atom. The minimum absolute atomic E-state index is 0.0383. The quantitative estimate of drug-likeness (QED) is 0.406. The van der Waals surface area contributed by atoms with Crippen molar-refractivity contribution >= 4 is 40.9 Å². The van der Waals surface area contributed by atoms with Crippen molar-refractivity contribution in [3.63, 3.8) is 0 Å². The number of thioether (sulfide) groups is 1. The summed E-state index contributed by atoms with van der Waals surface area (Å²) in [6.07, 6.45) is 0. The van der Waals surface area contributed by atoms with Crippen LogP contribution in [0.1, 0.15) is 21.8 Å². The molecule has 0 fully saturated rings. The van der Waals surface area contributed by atoms with Crippen LogP contribution in [0.3, 0.4) is 0 Å². The lowest BCUT2D eigenvalue weighted by molar-refractivity contribution is -0.113. The van der Waals surface area contributed by atoms with Crippen LogP contribution in [0.15, 0.2) is 52.1 Å². The van der Waals surface area contributed by atoms with Crippen LogP contribution in [0.4, 0.5) is 5.69 Å². The smallest absolute Gasteiger partial charge is 0.339 e. The number of hydrogen-bond donors (Lipinski definition) is 1. The van der Waals surface area contributed by atoms with Gasteiger partial charge in [0, 0.05) is 5.69 Å². The van der Waals surface area contributed by atoms with Crippen LogP contribution in [0.2, 0.25) is 5.02 Å². The van der Waals surface area contributed by atoms with E-state index in [4.69, 9.17) is 20.8 Å². The van der Waals surface area contributed by atoms with E-state index >= 15 is 0 Å². The van der Waals surface area contributed by atoms with Gasteiger partial charge in [-0.2, -0.15) is 0 Å². The van der Waals surface area contributed by atoms with Crippen molar-refractivity contribution in [2.75, 3.05) is 18.2 Å². The fourth-order valence-corrected chi connectivity index (χ4v) is 3.10. The first-order chi connectivity index (χ1) is 14.4. The molecule has 0 saturated carbocycles. The molecular weight excluding hydrogens is 430 g/mol. The molecule has 0 spiro atoms. The predicted octanol–water partition coefficient (Wildman–Crippen LogP) is 4.13. The summed E-state index contributed by atoms with van der Waals surface area (Å²) in [6, 6.07) is 12.1. The Bertz CT molecular complexity index is 1040. The third kappa shape index (κ3) is 5.98. The van der Waals surface area contributed by atoms with Gasteiger partial charge in [-0.15, -0.1) is 10.2 Å². The topological polar surface area (TPSA) is 104 Å². The molecule has 156 valence electrons. The molecule has 2 aromatic carbocycles. The zero-order chi connectivity index (χ0) is 21.5. The van der Waals surface area contributed by atoms with Crippen molar-refractivity contribution in [2.45, 2.75) is 18.8 Å². The molecule has 0 radical (unpaired) electrons. The first-order valence-electron chi connectivity index (χ1n) is 8.77. The molecule has 0 aliphatic rings. The molecule has 0 aliphatic heterocycles. The van der Waals surface area contributed by atoms with Crippen molar-refractivity contribution < 1.29 is 23.5 Å². The molecule has 0 atom stereocenters. The minimum Gasteiger partial charge on any atom is -0.484 e. The molecule has 1 aromatic heterocycles. The van der Waals surface area contributed by atoms with E-state index in [9.17, 15) is 9.59 Å². The van der Waals surface area contributed by atoms with Gasteiger partial charge in [-0.1, -0.05) is 41.1 Å². The highest BCUT2D eigenvalue weighted by Gasteiger charge is 2.14. The maximum Gasteiger partial charge on any atom is 0.339 e. The van der Waals surface area contributed by atoms with E-state index in [1.807, 2.05) is 31.2 Å². The normalized spacial score (nSPS) is 10.5. The number of nitrogens with one attached hydrogen (secondary N) is 1. The Kier molecular flexibility index (Phi) is 7.31. The highest BCUT2D eigenvalue weighted by Crippen LogP contribution is 2.22. The fraction of sp³-hybridized carbons (Fsp3) is 0.200. The van der Waals surface area contributed by atoms with E-state index in [1.54, 1.807) is 6.07 Å². The lowest BCUT2D eigenvalue weighted by atomic mass is 10.2. The summed E-state index contributed by atoms with van der Waals surface area (Å²) < 4.78 is 15.7. The van der Waals surface area contributed by atoms with E-state index in [2.05, 4.69) is 20.3 Å². The number of nitrogens with zero attached hydrogens (tertiary/aromatic N) is 2. The van der Waals surface area contributed by atoms with Crippen LogP contribution in [-0.2, 0) is 16.1 Å². The summed E-state index contributed by atoms with van der Waals surface area (Å²) in [6.45, 7) is 2.12. The van der Waals surface area contributed by atoms with Gasteiger partial charge < -0.3 is 19.2 Å². The zero-order valence-corrected chi connectivity index (χ0v) is 17.7. The molecule has 1 heterocycles. The fourth-order valence-electron chi connectivity index (χ4n) is 2.33. The Hall–Kier alpha value is -3.04. The number of anilines is 1. The number of hydrogen-bond acceptors (Lipinski definition) is 8. The Balaban J connectivity index is 1.49. The molecule has 0 saturated heterocycles. The highest BCUT2D eigenvalue weighted by molar-refractivity contribution is 7.99. The molecule has 8 nitrogen and oxygen atoms in total. The van der Waals surface area contributed by atoms with Gasteiger partial charge >= 0.3 is 5.97 Å². The third-order valence-corrected chi connectivity index (χ3v) is 4.96. The maximum atomic E-state index is 12.2. The van der Waals surface area contributed by atoms with E-state index in [1.165, 1.54) is 19.2 Å². The van der Waals surface area contributed by atoms with Gasteiger partial charge in [-0.3, -0.25) is 4.79 Å². The number of esters is 1. The van der Waals surface area contributed by atoms with Crippen molar-refractivity contribution in [3.05, 3.63) is 64.5 Å². The number of carbonyl (C=O) groups excluding carboxylic acids is 2. The molecule has 0 bridgehead atoms. The van der Waals surface area contributed by atoms with Gasteiger partial charge in [-0.05, 0) is 37.3 Å². The van der Waals surface area contributed by atoms with Gasteiger partial charge in [0.1, 0.15) is 5.75 Å². The number of ether oxygens (including phenoxy) is 2. The van der Waals surface area contributed by atoms with Crippen molar-refractivity contribution in [2.24, 2.45) is 0 Å². The second-order valence-electron chi connectivity index (χ2n) is 6.09. The number of rotatable bonds is 8. The molecule has 30 heavy (non-hydrogen) atoms. The number of aryl methyl sites for hydroxylation is 1. The second-order valence-corrected chi connectivity index (χ2v) is 7.42. The van der Waals surface area contributed by atoms with Crippen LogP contribution < -0.4 is 10.1 Å². The monoisotopic (exact) mass is 447 g/mol. The van der Waals surface area contributed by atoms with Crippen molar-refractivity contribution in [3.8, 4) is 5.75 Å². The van der Waals surface area contributed by atoms with Crippen LogP contribution >= 0.6 is 23.4 Å². The number of amides is 1. The number of carbonyl (C=O) groups is 2. The van der Waals surface area contributed by atoms with E-state index in [-0.39, 0.29) is 34.1 Å². The van der Waals surface area contributed by atoms with Gasteiger partial charge in [0.15, 0.2) is 6.61 Å². The molecule has 3 rings (SSSR count).